The van der Waals surface area contributed by atoms with Gasteiger partial charge in [0, 0.05) is 16.5 Å². The van der Waals surface area contributed by atoms with Gasteiger partial charge in [0.1, 0.15) is 11.6 Å². The number of hydrogen-bond donors (Lipinski definition) is 1. The third-order valence-corrected chi connectivity index (χ3v) is 5.16. The van der Waals surface area contributed by atoms with Crippen LogP contribution in [0.1, 0.15) is 69.0 Å². The van der Waals surface area contributed by atoms with Crippen molar-refractivity contribution in [3.63, 3.8) is 0 Å². The second-order valence-corrected chi connectivity index (χ2v) is 7.04. The molecule has 3 nitrogen and oxygen atoms in total. The van der Waals surface area contributed by atoms with Crippen LogP contribution >= 0.6 is 11.8 Å². The first-order valence-electron chi connectivity index (χ1n) is 7.32. The molecule has 1 fully saturated rings. The van der Waals surface area contributed by atoms with Crippen molar-refractivity contribution in [2.45, 2.75) is 69.8 Å². The Morgan fingerprint density at radius 2 is 1.89 bits per heavy atom. The highest BCUT2D eigenvalue weighted by Gasteiger charge is 2.16. The molecule has 0 aromatic carbocycles. The van der Waals surface area contributed by atoms with Gasteiger partial charge in [0.05, 0.1) is 5.75 Å². The van der Waals surface area contributed by atoms with E-state index < -0.39 is 0 Å². The zero-order chi connectivity index (χ0) is 13.8. The minimum atomic E-state index is 0.389. The van der Waals surface area contributed by atoms with E-state index in [1.54, 1.807) is 0 Å². The van der Waals surface area contributed by atoms with E-state index in [4.69, 9.17) is 5.73 Å². The second kappa shape index (κ2) is 6.60. The molecule has 0 radical (unpaired) electrons. The van der Waals surface area contributed by atoms with Gasteiger partial charge in [-0.15, -0.1) is 0 Å². The predicted octanol–water partition coefficient (Wildman–Crippen LogP) is 4.06. The molecule has 2 rings (SSSR count). The normalized spacial score (nSPS) is 17.1. The summed E-state index contributed by atoms with van der Waals surface area (Å²) in [7, 11) is 0. The van der Waals surface area contributed by atoms with Crippen LogP contribution in [0.2, 0.25) is 0 Å². The first kappa shape index (κ1) is 14.6. The summed E-state index contributed by atoms with van der Waals surface area (Å²) >= 11 is 2.00. The van der Waals surface area contributed by atoms with Gasteiger partial charge in [-0.3, -0.25) is 0 Å². The Morgan fingerprint density at radius 3 is 2.47 bits per heavy atom. The van der Waals surface area contributed by atoms with E-state index in [0.717, 1.165) is 28.1 Å². The third kappa shape index (κ3) is 3.85. The number of thioether (sulfide) groups is 1. The average Bonchev–Trinajstić information content (AvgIpc) is 2.36. The Balaban J connectivity index is 2.01. The molecule has 106 valence electrons. The van der Waals surface area contributed by atoms with E-state index in [-0.39, 0.29) is 0 Å². The maximum atomic E-state index is 6.07. The monoisotopic (exact) mass is 279 g/mol. The van der Waals surface area contributed by atoms with E-state index in [1.807, 2.05) is 18.7 Å². The highest BCUT2D eigenvalue weighted by Crippen LogP contribution is 2.30. The summed E-state index contributed by atoms with van der Waals surface area (Å²) in [5, 5.41) is 0.795. The van der Waals surface area contributed by atoms with Crippen molar-refractivity contribution in [3.05, 3.63) is 17.1 Å². The zero-order valence-electron chi connectivity index (χ0n) is 12.3. The van der Waals surface area contributed by atoms with Gasteiger partial charge in [0.25, 0.3) is 0 Å². The lowest BCUT2D eigenvalue weighted by molar-refractivity contribution is 0.516. The Labute approximate surface area is 120 Å². The predicted molar refractivity (Wildman–Crippen MR) is 83.4 cm³/mol. The molecule has 0 aliphatic heterocycles. The van der Waals surface area contributed by atoms with Gasteiger partial charge in [0.15, 0.2) is 0 Å². The van der Waals surface area contributed by atoms with Crippen molar-refractivity contribution >= 4 is 17.6 Å². The number of aryl methyl sites for hydroxylation is 1. The van der Waals surface area contributed by atoms with Crippen LogP contribution in [0.25, 0.3) is 0 Å². The smallest absolute Gasteiger partial charge is 0.140 e. The summed E-state index contributed by atoms with van der Waals surface area (Å²) in [6.45, 7) is 6.32. The summed E-state index contributed by atoms with van der Waals surface area (Å²) in [6, 6.07) is 0. The molecule has 2 N–H and O–H groups in total. The molecule has 0 saturated heterocycles. The van der Waals surface area contributed by atoms with Crippen LogP contribution in [-0.4, -0.2) is 15.2 Å². The van der Waals surface area contributed by atoms with Gasteiger partial charge in [-0.05, 0) is 25.7 Å². The molecule has 0 amide bonds. The number of anilines is 1. The number of nitrogen functional groups attached to an aromatic ring is 1. The van der Waals surface area contributed by atoms with Crippen molar-refractivity contribution in [1.29, 1.82) is 0 Å². The largest absolute Gasteiger partial charge is 0.383 e. The molecule has 19 heavy (non-hydrogen) atoms. The van der Waals surface area contributed by atoms with Crippen LogP contribution in [0, 0.1) is 6.92 Å². The van der Waals surface area contributed by atoms with Crippen molar-refractivity contribution in [3.8, 4) is 0 Å². The Hall–Kier alpha value is -0.770. The standard InChI is InChI=1S/C15H25N3S/c1-10(2)14-11(3)17-13(18-15(14)16)9-19-12-7-5-4-6-8-12/h10,12H,4-9H2,1-3H3,(H2,16,17,18). The average molecular weight is 279 g/mol. The van der Waals surface area contributed by atoms with E-state index in [0.29, 0.717) is 11.7 Å². The van der Waals surface area contributed by atoms with Crippen LogP contribution in [0.4, 0.5) is 5.82 Å². The van der Waals surface area contributed by atoms with Crippen LogP contribution in [-0.2, 0) is 5.75 Å². The first-order chi connectivity index (χ1) is 9.08. The van der Waals surface area contributed by atoms with Gasteiger partial charge in [-0.2, -0.15) is 11.8 Å². The molecule has 0 bridgehead atoms. The van der Waals surface area contributed by atoms with Crippen molar-refractivity contribution in [2.75, 3.05) is 5.73 Å². The highest BCUT2D eigenvalue weighted by atomic mass is 32.2. The number of hydrogen-bond acceptors (Lipinski definition) is 4. The van der Waals surface area contributed by atoms with E-state index in [1.165, 1.54) is 32.1 Å². The molecule has 0 atom stereocenters. The Bertz CT molecular complexity index is 402. The lowest BCUT2D eigenvalue weighted by Gasteiger charge is -2.21. The Kier molecular flexibility index (Phi) is 5.08. The van der Waals surface area contributed by atoms with Crippen molar-refractivity contribution < 1.29 is 0 Å². The maximum Gasteiger partial charge on any atom is 0.140 e. The fourth-order valence-electron chi connectivity index (χ4n) is 2.87. The number of rotatable bonds is 4. The maximum absolute atomic E-state index is 6.07. The molecule has 0 unspecified atom stereocenters. The number of nitrogens with zero attached hydrogens (tertiary/aromatic N) is 2. The summed E-state index contributed by atoms with van der Waals surface area (Å²) in [5.41, 5.74) is 8.22. The zero-order valence-corrected chi connectivity index (χ0v) is 13.1. The molecular weight excluding hydrogens is 254 g/mol. The number of aromatic nitrogens is 2. The first-order valence-corrected chi connectivity index (χ1v) is 8.37. The van der Waals surface area contributed by atoms with Gasteiger partial charge in [-0.1, -0.05) is 33.1 Å². The summed E-state index contributed by atoms with van der Waals surface area (Å²) < 4.78 is 0. The molecule has 1 heterocycles. The van der Waals surface area contributed by atoms with Gasteiger partial charge in [-0.25, -0.2) is 9.97 Å². The quantitative estimate of drug-likeness (QED) is 0.903. The minimum Gasteiger partial charge on any atom is -0.383 e. The third-order valence-electron chi connectivity index (χ3n) is 3.79. The topological polar surface area (TPSA) is 51.8 Å². The van der Waals surface area contributed by atoms with Crippen LogP contribution in [0.5, 0.6) is 0 Å². The summed E-state index contributed by atoms with van der Waals surface area (Å²) in [4.78, 5) is 9.11. The van der Waals surface area contributed by atoms with Crippen LogP contribution < -0.4 is 5.73 Å². The molecule has 0 spiro atoms. The molecular formula is C15H25N3S. The van der Waals surface area contributed by atoms with E-state index in [2.05, 4.69) is 23.8 Å². The molecule has 1 aromatic rings. The van der Waals surface area contributed by atoms with Crippen LogP contribution in [0.3, 0.4) is 0 Å². The summed E-state index contributed by atoms with van der Waals surface area (Å²) in [5.74, 6) is 2.85. The molecule has 1 aliphatic rings. The lowest BCUT2D eigenvalue weighted by Crippen LogP contribution is -2.11. The molecule has 4 heteroatoms. The minimum absolute atomic E-state index is 0.389. The second-order valence-electron chi connectivity index (χ2n) is 5.75. The lowest BCUT2D eigenvalue weighted by atomic mass is 10.0. The number of nitrogens with two attached hydrogens (primary N) is 1. The fraction of sp³-hybridized carbons (Fsp3) is 0.733. The highest BCUT2D eigenvalue weighted by molar-refractivity contribution is 7.99. The van der Waals surface area contributed by atoms with Crippen LogP contribution in [0.15, 0.2) is 0 Å². The van der Waals surface area contributed by atoms with Crippen molar-refractivity contribution in [2.24, 2.45) is 0 Å². The Morgan fingerprint density at radius 1 is 1.21 bits per heavy atom. The molecule has 1 aliphatic carbocycles. The summed E-state index contributed by atoms with van der Waals surface area (Å²) in [6.07, 6.45) is 6.87. The fourth-order valence-corrected chi connectivity index (χ4v) is 4.05. The van der Waals surface area contributed by atoms with Gasteiger partial charge in [0.2, 0.25) is 0 Å². The molecule has 1 saturated carbocycles. The van der Waals surface area contributed by atoms with E-state index >= 15 is 0 Å². The van der Waals surface area contributed by atoms with Gasteiger partial charge < -0.3 is 5.73 Å². The van der Waals surface area contributed by atoms with Crippen molar-refractivity contribution in [1.82, 2.24) is 9.97 Å². The van der Waals surface area contributed by atoms with Gasteiger partial charge >= 0.3 is 0 Å². The molecule has 1 aromatic heterocycles. The SMILES string of the molecule is Cc1nc(CSC2CCCCC2)nc(N)c1C(C)C. The van der Waals surface area contributed by atoms with E-state index in [9.17, 15) is 0 Å².